The Morgan fingerprint density at radius 2 is 2.06 bits per heavy atom. The van der Waals surface area contributed by atoms with Gasteiger partial charge in [-0.1, -0.05) is 35.5 Å². The van der Waals surface area contributed by atoms with Crippen molar-refractivity contribution in [1.29, 1.82) is 0 Å². The van der Waals surface area contributed by atoms with E-state index < -0.39 is 0 Å². The minimum absolute atomic E-state index is 0.171. The molecule has 3 rings (SSSR count). The molecule has 4 heteroatoms. The summed E-state index contributed by atoms with van der Waals surface area (Å²) in [5, 5.41) is 13.2. The SMILES string of the molecule is OC1CN(Cc2cc(-c3ccccc3)on2)C1. The molecule has 1 N–H and O–H groups in total. The summed E-state index contributed by atoms with van der Waals surface area (Å²) < 4.78 is 5.31. The second-order valence-corrected chi connectivity index (χ2v) is 4.40. The third-order valence-electron chi connectivity index (χ3n) is 2.94. The standard InChI is InChI=1S/C13H14N2O2/c16-12-8-15(9-12)7-11-6-13(17-14-11)10-4-2-1-3-5-10/h1-6,12,16H,7-9H2. The predicted molar refractivity (Wildman–Crippen MR) is 63.2 cm³/mol. The van der Waals surface area contributed by atoms with Gasteiger partial charge in [-0.15, -0.1) is 0 Å². The number of benzene rings is 1. The minimum atomic E-state index is -0.171. The Kier molecular flexibility index (Phi) is 2.66. The first-order valence-corrected chi connectivity index (χ1v) is 5.73. The lowest BCUT2D eigenvalue weighted by molar-refractivity contribution is -0.00399. The molecule has 1 fully saturated rings. The Morgan fingerprint density at radius 3 is 2.76 bits per heavy atom. The highest BCUT2D eigenvalue weighted by Crippen LogP contribution is 2.21. The van der Waals surface area contributed by atoms with Gasteiger partial charge in [0, 0.05) is 31.3 Å². The van der Waals surface area contributed by atoms with Crippen LogP contribution in [0.1, 0.15) is 5.69 Å². The summed E-state index contributed by atoms with van der Waals surface area (Å²) in [6.07, 6.45) is -0.171. The van der Waals surface area contributed by atoms with Gasteiger partial charge in [0.2, 0.25) is 0 Å². The third-order valence-corrected chi connectivity index (χ3v) is 2.94. The van der Waals surface area contributed by atoms with Gasteiger partial charge in [0.1, 0.15) is 0 Å². The Morgan fingerprint density at radius 1 is 1.29 bits per heavy atom. The van der Waals surface area contributed by atoms with Crippen molar-refractivity contribution in [2.24, 2.45) is 0 Å². The molecule has 1 aromatic heterocycles. The Labute approximate surface area is 99.5 Å². The molecule has 0 amide bonds. The van der Waals surface area contributed by atoms with Crippen molar-refractivity contribution >= 4 is 0 Å². The molecule has 1 aliphatic heterocycles. The zero-order chi connectivity index (χ0) is 11.7. The number of nitrogens with zero attached hydrogens (tertiary/aromatic N) is 2. The summed E-state index contributed by atoms with van der Waals surface area (Å²) in [7, 11) is 0. The largest absolute Gasteiger partial charge is 0.390 e. The summed E-state index contributed by atoms with van der Waals surface area (Å²) in [4.78, 5) is 2.14. The zero-order valence-electron chi connectivity index (χ0n) is 9.41. The molecule has 2 aromatic rings. The highest BCUT2D eigenvalue weighted by Gasteiger charge is 2.25. The van der Waals surface area contributed by atoms with Crippen LogP contribution in [-0.4, -0.2) is 34.4 Å². The number of aliphatic hydroxyl groups excluding tert-OH is 1. The van der Waals surface area contributed by atoms with Crippen molar-refractivity contribution in [2.75, 3.05) is 13.1 Å². The monoisotopic (exact) mass is 230 g/mol. The molecule has 0 aliphatic carbocycles. The van der Waals surface area contributed by atoms with E-state index in [1.807, 2.05) is 36.4 Å². The molecule has 1 aromatic carbocycles. The maximum atomic E-state index is 9.19. The van der Waals surface area contributed by atoms with E-state index in [1.54, 1.807) is 0 Å². The first-order valence-electron chi connectivity index (χ1n) is 5.73. The molecule has 17 heavy (non-hydrogen) atoms. The normalized spacial score (nSPS) is 17.0. The number of aromatic nitrogens is 1. The number of hydrogen-bond donors (Lipinski definition) is 1. The first kappa shape index (κ1) is 10.5. The van der Waals surface area contributed by atoms with Crippen molar-refractivity contribution in [3.05, 3.63) is 42.1 Å². The zero-order valence-corrected chi connectivity index (χ0v) is 9.41. The van der Waals surface area contributed by atoms with Gasteiger partial charge in [0.05, 0.1) is 11.8 Å². The molecule has 0 bridgehead atoms. The van der Waals surface area contributed by atoms with E-state index in [1.165, 1.54) is 0 Å². The van der Waals surface area contributed by atoms with Crippen LogP contribution in [0.15, 0.2) is 40.9 Å². The molecule has 0 saturated carbocycles. The van der Waals surface area contributed by atoms with Gasteiger partial charge in [0.15, 0.2) is 5.76 Å². The quantitative estimate of drug-likeness (QED) is 0.868. The van der Waals surface area contributed by atoms with E-state index in [0.29, 0.717) is 0 Å². The smallest absolute Gasteiger partial charge is 0.167 e. The molecule has 0 unspecified atom stereocenters. The van der Waals surface area contributed by atoms with Gasteiger partial charge in [-0.05, 0) is 0 Å². The Balaban J connectivity index is 1.70. The molecular formula is C13H14N2O2. The van der Waals surface area contributed by atoms with Crippen molar-refractivity contribution < 1.29 is 9.63 Å². The fourth-order valence-electron chi connectivity index (χ4n) is 2.03. The number of aliphatic hydroxyl groups is 1. The third kappa shape index (κ3) is 2.23. The van der Waals surface area contributed by atoms with Gasteiger partial charge in [-0.25, -0.2) is 0 Å². The fourth-order valence-corrected chi connectivity index (χ4v) is 2.03. The van der Waals surface area contributed by atoms with Crippen molar-refractivity contribution in [3.63, 3.8) is 0 Å². The lowest BCUT2D eigenvalue weighted by atomic mass is 10.1. The van der Waals surface area contributed by atoms with Gasteiger partial charge in [-0.3, -0.25) is 4.90 Å². The topological polar surface area (TPSA) is 49.5 Å². The highest BCUT2D eigenvalue weighted by atomic mass is 16.5. The summed E-state index contributed by atoms with van der Waals surface area (Å²) in [5.41, 5.74) is 1.95. The van der Waals surface area contributed by atoms with Crippen molar-refractivity contribution in [2.45, 2.75) is 12.6 Å². The lowest BCUT2D eigenvalue weighted by Crippen LogP contribution is -2.49. The molecule has 2 heterocycles. The summed E-state index contributed by atoms with van der Waals surface area (Å²) in [5.74, 6) is 0.793. The maximum Gasteiger partial charge on any atom is 0.167 e. The number of rotatable bonds is 3. The van der Waals surface area contributed by atoms with Crippen LogP contribution in [0.5, 0.6) is 0 Å². The lowest BCUT2D eigenvalue weighted by Gasteiger charge is -2.34. The molecule has 0 radical (unpaired) electrons. The molecular weight excluding hydrogens is 216 g/mol. The molecule has 4 nitrogen and oxygen atoms in total. The number of hydrogen-bond acceptors (Lipinski definition) is 4. The average molecular weight is 230 g/mol. The van der Waals surface area contributed by atoms with Gasteiger partial charge in [-0.2, -0.15) is 0 Å². The van der Waals surface area contributed by atoms with Gasteiger partial charge in [0.25, 0.3) is 0 Å². The second-order valence-electron chi connectivity index (χ2n) is 4.40. The van der Waals surface area contributed by atoms with Crippen LogP contribution in [0.4, 0.5) is 0 Å². The van der Waals surface area contributed by atoms with E-state index in [9.17, 15) is 5.11 Å². The van der Waals surface area contributed by atoms with Gasteiger partial charge < -0.3 is 9.63 Å². The van der Waals surface area contributed by atoms with Crippen LogP contribution in [0.25, 0.3) is 11.3 Å². The van der Waals surface area contributed by atoms with E-state index in [-0.39, 0.29) is 6.10 Å². The van der Waals surface area contributed by atoms with E-state index in [2.05, 4.69) is 10.1 Å². The maximum absolute atomic E-state index is 9.19. The highest BCUT2D eigenvalue weighted by molar-refractivity contribution is 5.56. The van der Waals surface area contributed by atoms with Crippen LogP contribution in [-0.2, 0) is 6.54 Å². The van der Waals surface area contributed by atoms with Crippen LogP contribution in [0.3, 0.4) is 0 Å². The Bertz CT molecular complexity index is 489. The average Bonchev–Trinajstić information content (AvgIpc) is 2.77. The van der Waals surface area contributed by atoms with E-state index in [4.69, 9.17) is 4.52 Å². The van der Waals surface area contributed by atoms with Crippen LogP contribution in [0, 0.1) is 0 Å². The minimum Gasteiger partial charge on any atom is -0.390 e. The number of likely N-dealkylation sites (tertiary alicyclic amines) is 1. The van der Waals surface area contributed by atoms with E-state index in [0.717, 1.165) is 36.7 Å². The van der Waals surface area contributed by atoms with Crippen LogP contribution in [0.2, 0.25) is 0 Å². The summed E-state index contributed by atoms with van der Waals surface area (Å²) in [6.45, 7) is 2.20. The molecule has 0 atom stereocenters. The summed E-state index contributed by atoms with van der Waals surface area (Å²) in [6, 6.07) is 11.9. The first-order chi connectivity index (χ1) is 8.31. The molecule has 88 valence electrons. The number of β-amino-alcohol motifs (C(OH)–C–C–N with tert-alkyl or cyclic N) is 1. The molecule has 0 spiro atoms. The molecule has 1 aliphatic rings. The van der Waals surface area contributed by atoms with Crippen LogP contribution < -0.4 is 0 Å². The predicted octanol–water partition coefficient (Wildman–Crippen LogP) is 1.52. The summed E-state index contributed by atoms with van der Waals surface area (Å²) >= 11 is 0. The van der Waals surface area contributed by atoms with E-state index >= 15 is 0 Å². The molecule has 1 saturated heterocycles. The Hall–Kier alpha value is -1.65. The van der Waals surface area contributed by atoms with Gasteiger partial charge >= 0.3 is 0 Å². The van der Waals surface area contributed by atoms with Crippen molar-refractivity contribution in [1.82, 2.24) is 10.1 Å². The fraction of sp³-hybridized carbons (Fsp3) is 0.308. The van der Waals surface area contributed by atoms with Crippen LogP contribution >= 0.6 is 0 Å². The van der Waals surface area contributed by atoms with Crippen molar-refractivity contribution in [3.8, 4) is 11.3 Å². The second kappa shape index (κ2) is 4.31.